The Morgan fingerprint density at radius 2 is 1.90 bits per heavy atom. The maximum absolute atomic E-state index is 6.37. The van der Waals surface area contributed by atoms with Crippen LogP contribution in [0.2, 0.25) is 0 Å². The molecule has 4 rings (SSSR count). The maximum Gasteiger partial charge on any atom is 0.247 e. The van der Waals surface area contributed by atoms with E-state index >= 15 is 0 Å². The molecule has 1 aliphatic heterocycles. The molecule has 31 heavy (non-hydrogen) atoms. The van der Waals surface area contributed by atoms with Gasteiger partial charge in [-0.2, -0.15) is 4.98 Å². The van der Waals surface area contributed by atoms with Gasteiger partial charge in [0.05, 0.1) is 0 Å². The fourth-order valence-corrected chi connectivity index (χ4v) is 4.48. The molecule has 1 aliphatic rings. The van der Waals surface area contributed by atoms with Crippen LogP contribution in [0, 0.1) is 0 Å². The van der Waals surface area contributed by atoms with Crippen molar-refractivity contribution in [2.24, 2.45) is 0 Å². The lowest BCUT2D eigenvalue weighted by atomic mass is 10.1. The Bertz CT molecular complexity index is 1040. The molecule has 0 saturated carbocycles. The van der Waals surface area contributed by atoms with E-state index in [-0.39, 0.29) is 6.23 Å². The first-order valence-electron chi connectivity index (χ1n) is 10.4. The van der Waals surface area contributed by atoms with Gasteiger partial charge in [0.25, 0.3) is 0 Å². The zero-order chi connectivity index (χ0) is 21.8. The molecule has 0 amide bonds. The van der Waals surface area contributed by atoms with E-state index in [0.717, 1.165) is 39.1 Å². The van der Waals surface area contributed by atoms with Crippen LogP contribution in [0.25, 0.3) is 11.3 Å². The van der Waals surface area contributed by atoms with Crippen LogP contribution in [0.1, 0.15) is 38.0 Å². The number of halogens is 1. The first kappa shape index (κ1) is 21.9. The van der Waals surface area contributed by atoms with Crippen molar-refractivity contribution in [2.45, 2.75) is 37.6 Å². The molecule has 3 aromatic rings. The number of aromatic nitrogens is 3. The molecule has 6 nitrogen and oxygen atoms in total. The van der Waals surface area contributed by atoms with Crippen LogP contribution in [0.4, 0.5) is 11.4 Å². The Morgan fingerprint density at radius 3 is 2.65 bits per heavy atom. The van der Waals surface area contributed by atoms with E-state index in [2.05, 4.69) is 67.5 Å². The van der Waals surface area contributed by atoms with E-state index in [9.17, 15) is 0 Å². The second-order valence-electron chi connectivity index (χ2n) is 7.62. The number of anilines is 2. The highest BCUT2D eigenvalue weighted by Crippen LogP contribution is 2.41. The van der Waals surface area contributed by atoms with Crippen molar-refractivity contribution in [3.05, 3.63) is 52.5 Å². The van der Waals surface area contributed by atoms with Crippen molar-refractivity contribution in [2.75, 3.05) is 30.1 Å². The largest absolute Gasteiger partial charge is 0.448 e. The standard InChI is InChI=1S/C23H26BrN5OS/c1-4-5-6-13-31-23-26-22-20(27-28-23)18-14-16(24)9-12-19(18)25-21(30-22)15-7-10-17(11-8-15)29(2)3/h7-12,14,21,25H,4-6,13H2,1-3H3. The van der Waals surface area contributed by atoms with Crippen LogP contribution in [0.5, 0.6) is 5.88 Å². The Morgan fingerprint density at radius 1 is 1.10 bits per heavy atom. The summed E-state index contributed by atoms with van der Waals surface area (Å²) in [5.41, 5.74) is 4.65. The third kappa shape index (κ3) is 5.13. The average Bonchev–Trinajstić information content (AvgIpc) is 2.93. The molecule has 0 fully saturated rings. The molecule has 0 radical (unpaired) electrons. The number of benzene rings is 2. The van der Waals surface area contributed by atoms with Crippen molar-refractivity contribution in [3.63, 3.8) is 0 Å². The van der Waals surface area contributed by atoms with E-state index in [1.807, 2.05) is 32.3 Å². The Hall–Kier alpha value is -2.32. The second kappa shape index (κ2) is 9.87. The van der Waals surface area contributed by atoms with Gasteiger partial charge in [0, 0.05) is 46.8 Å². The molecule has 1 aromatic heterocycles. The third-order valence-electron chi connectivity index (χ3n) is 5.08. The van der Waals surface area contributed by atoms with Gasteiger partial charge in [-0.05, 0) is 36.8 Å². The normalized spacial score (nSPS) is 14.6. The van der Waals surface area contributed by atoms with Gasteiger partial charge in [-0.25, -0.2) is 0 Å². The van der Waals surface area contributed by atoms with Gasteiger partial charge in [0.1, 0.15) is 0 Å². The lowest BCUT2D eigenvalue weighted by Gasteiger charge is -2.20. The summed E-state index contributed by atoms with van der Waals surface area (Å²) in [6.45, 7) is 2.20. The highest BCUT2D eigenvalue weighted by Gasteiger charge is 2.26. The van der Waals surface area contributed by atoms with Crippen LogP contribution in [0.15, 0.2) is 52.1 Å². The van der Waals surface area contributed by atoms with Crippen LogP contribution in [-0.2, 0) is 0 Å². The summed E-state index contributed by atoms with van der Waals surface area (Å²) in [5.74, 6) is 1.48. The van der Waals surface area contributed by atoms with E-state index in [1.165, 1.54) is 12.8 Å². The highest BCUT2D eigenvalue weighted by molar-refractivity contribution is 9.10. The number of fused-ring (bicyclic) bond motifs is 3. The average molecular weight is 500 g/mol. The molecule has 0 bridgehead atoms. The van der Waals surface area contributed by atoms with Gasteiger partial charge in [-0.15, -0.1) is 10.2 Å². The first-order valence-corrected chi connectivity index (χ1v) is 12.2. The summed E-state index contributed by atoms with van der Waals surface area (Å²) in [6, 6.07) is 14.4. The quantitative estimate of drug-likeness (QED) is 0.308. The van der Waals surface area contributed by atoms with E-state index in [0.29, 0.717) is 16.7 Å². The maximum atomic E-state index is 6.37. The van der Waals surface area contributed by atoms with E-state index < -0.39 is 0 Å². The summed E-state index contributed by atoms with van der Waals surface area (Å²) in [7, 11) is 4.06. The van der Waals surface area contributed by atoms with Crippen molar-refractivity contribution in [1.29, 1.82) is 0 Å². The molecule has 1 N–H and O–H groups in total. The number of ether oxygens (including phenoxy) is 1. The molecular formula is C23H26BrN5OS. The number of hydrogen-bond acceptors (Lipinski definition) is 7. The summed E-state index contributed by atoms with van der Waals surface area (Å²) < 4.78 is 7.33. The van der Waals surface area contributed by atoms with Gasteiger partial charge in [-0.1, -0.05) is 59.6 Å². The summed E-state index contributed by atoms with van der Waals surface area (Å²) in [5, 5.41) is 13.0. The van der Waals surface area contributed by atoms with Gasteiger partial charge in [0.15, 0.2) is 11.9 Å². The van der Waals surface area contributed by atoms with Crippen LogP contribution < -0.4 is 15.0 Å². The minimum atomic E-state index is -0.382. The smallest absolute Gasteiger partial charge is 0.247 e. The summed E-state index contributed by atoms with van der Waals surface area (Å²) in [6.07, 6.45) is 3.16. The minimum absolute atomic E-state index is 0.382. The number of rotatable bonds is 7. The Kier molecular flexibility index (Phi) is 6.97. The first-order chi connectivity index (χ1) is 15.0. The molecule has 0 spiro atoms. The lowest BCUT2D eigenvalue weighted by Crippen LogP contribution is -2.17. The molecule has 0 saturated heterocycles. The predicted octanol–water partition coefficient (Wildman–Crippen LogP) is 6.15. The fraction of sp³-hybridized carbons (Fsp3) is 0.348. The number of unbranched alkanes of at least 4 members (excludes halogenated alkanes) is 2. The molecule has 1 atom stereocenters. The van der Waals surface area contributed by atoms with Crippen LogP contribution in [-0.4, -0.2) is 35.0 Å². The molecular weight excluding hydrogens is 474 g/mol. The van der Waals surface area contributed by atoms with E-state index in [1.54, 1.807) is 11.8 Å². The van der Waals surface area contributed by atoms with Crippen LogP contribution in [0.3, 0.4) is 0 Å². The minimum Gasteiger partial charge on any atom is -0.448 e. The molecule has 2 heterocycles. The topological polar surface area (TPSA) is 63.2 Å². The molecule has 8 heteroatoms. The number of nitrogens with zero attached hydrogens (tertiary/aromatic N) is 4. The number of thioether (sulfide) groups is 1. The van der Waals surface area contributed by atoms with E-state index in [4.69, 9.17) is 9.72 Å². The number of nitrogens with one attached hydrogen (secondary N) is 1. The SMILES string of the molecule is CCCCCSc1nnc2c(n1)OC(c1ccc(N(C)C)cc1)Nc1ccc(Br)cc1-2. The van der Waals surface area contributed by atoms with Crippen molar-refractivity contribution in [1.82, 2.24) is 15.2 Å². The third-order valence-corrected chi connectivity index (χ3v) is 6.50. The fourth-order valence-electron chi connectivity index (χ4n) is 3.34. The number of hydrogen-bond donors (Lipinski definition) is 1. The monoisotopic (exact) mass is 499 g/mol. The summed E-state index contributed by atoms with van der Waals surface area (Å²) in [4.78, 5) is 6.80. The zero-order valence-electron chi connectivity index (χ0n) is 17.9. The Labute approximate surface area is 196 Å². The molecule has 162 valence electrons. The van der Waals surface area contributed by atoms with Gasteiger partial charge < -0.3 is 15.0 Å². The van der Waals surface area contributed by atoms with Gasteiger partial charge >= 0.3 is 0 Å². The molecule has 2 aromatic carbocycles. The molecule has 0 aliphatic carbocycles. The molecule has 1 unspecified atom stereocenters. The second-order valence-corrected chi connectivity index (χ2v) is 9.60. The summed E-state index contributed by atoms with van der Waals surface area (Å²) >= 11 is 5.19. The van der Waals surface area contributed by atoms with Crippen LogP contribution >= 0.6 is 27.7 Å². The van der Waals surface area contributed by atoms with Crippen molar-refractivity contribution in [3.8, 4) is 17.1 Å². The van der Waals surface area contributed by atoms with Crippen molar-refractivity contribution < 1.29 is 4.74 Å². The Balaban J connectivity index is 1.69. The van der Waals surface area contributed by atoms with Gasteiger partial charge in [-0.3, -0.25) is 0 Å². The highest BCUT2D eigenvalue weighted by atomic mass is 79.9. The lowest BCUT2D eigenvalue weighted by molar-refractivity contribution is 0.225. The van der Waals surface area contributed by atoms with Crippen molar-refractivity contribution >= 4 is 39.1 Å². The predicted molar refractivity (Wildman–Crippen MR) is 131 cm³/mol. The zero-order valence-corrected chi connectivity index (χ0v) is 20.3. The van der Waals surface area contributed by atoms with Gasteiger partial charge in [0.2, 0.25) is 11.0 Å².